The molecule has 1 atom stereocenters. The zero-order valence-electron chi connectivity index (χ0n) is 9.07. The minimum Gasteiger partial charge on any atom is -0.323 e. The molecule has 1 heterocycles. The van der Waals surface area contributed by atoms with Crippen molar-refractivity contribution in [3.8, 4) is 0 Å². The van der Waals surface area contributed by atoms with Crippen LogP contribution in [0.3, 0.4) is 0 Å². The van der Waals surface area contributed by atoms with Gasteiger partial charge in [-0.15, -0.1) is 0 Å². The van der Waals surface area contributed by atoms with Crippen molar-refractivity contribution in [2.24, 2.45) is 12.8 Å². The molecule has 0 aliphatic rings. The fraction of sp³-hybridized carbons (Fsp3) is 0.273. The third-order valence-corrected chi connectivity index (χ3v) is 2.73. The lowest BCUT2D eigenvalue weighted by Crippen LogP contribution is -2.27. The van der Waals surface area contributed by atoms with Gasteiger partial charge in [0.05, 0.1) is 11.0 Å². The first-order valence-electron chi connectivity index (χ1n) is 4.92. The molecule has 0 fully saturated rings. The van der Waals surface area contributed by atoms with Crippen molar-refractivity contribution >= 4 is 22.6 Å². The lowest BCUT2D eigenvalue weighted by atomic mass is 10.2. The van der Waals surface area contributed by atoms with Crippen LogP contribution in [0, 0.1) is 0 Å². The van der Waals surface area contributed by atoms with Crippen LogP contribution in [0.5, 0.6) is 0 Å². The van der Waals surface area contributed by atoms with E-state index in [4.69, 9.17) is 17.3 Å². The molecule has 2 aromatic rings. The molecule has 0 spiro atoms. The predicted octanol–water partition coefficient (Wildman–Crippen LogP) is 1.61. The van der Waals surface area contributed by atoms with E-state index in [9.17, 15) is 4.79 Å². The Morgan fingerprint density at radius 2 is 2.19 bits per heavy atom. The SMILES string of the molecule is C[C@H](N)c1nc2cc(Cl)ccc2n(C)c1=O. The van der Waals surface area contributed by atoms with Crippen molar-refractivity contribution in [3.63, 3.8) is 0 Å². The molecule has 16 heavy (non-hydrogen) atoms. The van der Waals surface area contributed by atoms with Crippen LogP contribution in [0.25, 0.3) is 11.0 Å². The Morgan fingerprint density at radius 1 is 1.50 bits per heavy atom. The third kappa shape index (κ3) is 1.70. The fourth-order valence-electron chi connectivity index (χ4n) is 1.63. The van der Waals surface area contributed by atoms with E-state index in [0.717, 1.165) is 5.52 Å². The summed E-state index contributed by atoms with van der Waals surface area (Å²) in [5.41, 5.74) is 7.33. The van der Waals surface area contributed by atoms with Crippen molar-refractivity contribution in [3.05, 3.63) is 39.3 Å². The van der Waals surface area contributed by atoms with E-state index in [1.54, 1.807) is 32.2 Å². The molecule has 4 nitrogen and oxygen atoms in total. The summed E-state index contributed by atoms with van der Waals surface area (Å²) in [5.74, 6) is 0. The van der Waals surface area contributed by atoms with E-state index in [-0.39, 0.29) is 11.6 Å². The molecule has 0 aliphatic heterocycles. The maximum absolute atomic E-state index is 11.9. The van der Waals surface area contributed by atoms with Gasteiger partial charge in [0.15, 0.2) is 0 Å². The van der Waals surface area contributed by atoms with Crippen molar-refractivity contribution in [2.45, 2.75) is 13.0 Å². The molecule has 0 aliphatic carbocycles. The van der Waals surface area contributed by atoms with Crippen molar-refractivity contribution in [2.75, 3.05) is 0 Å². The van der Waals surface area contributed by atoms with Crippen molar-refractivity contribution in [1.82, 2.24) is 9.55 Å². The lowest BCUT2D eigenvalue weighted by Gasteiger charge is -2.09. The third-order valence-electron chi connectivity index (χ3n) is 2.49. The largest absolute Gasteiger partial charge is 0.323 e. The predicted molar refractivity (Wildman–Crippen MR) is 64.6 cm³/mol. The minimum absolute atomic E-state index is 0.162. The Hall–Kier alpha value is -1.39. The van der Waals surface area contributed by atoms with Crippen LogP contribution in [0.15, 0.2) is 23.0 Å². The first kappa shape index (κ1) is 11.1. The first-order chi connectivity index (χ1) is 7.50. The standard InChI is InChI=1S/C11H12ClN3O/c1-6(13)10-11(16)15(2)9-4-3-7(12)5-8(9)14-10/h3-6H,13H2,1-2H3/t6-/m0/s1. The molecule has 0 bridgehead atoms. The summed E-state index contributed by atoms with van der Waals surface area (Å²) in [7, 11) is 1.70. The number of nitrogens with two attached hydrogens (primary N) is 1. The molecular formula is C11H12ClN3O. The number of fused-ring (bicyclic) bond motifs is 1. The molecular weight excluding hydrogens is 226 g/mol. The number of benzene rings is 1. The van der Waals surface area contributed by atoms with Crippen LogP contribution >= 0.6 is 11.6 Å². The highest BCUT2D eigenvalue weighted by atomic mass is 35.5. The minimum atomic E-state index is -0.387. The van der Waals surface area contributed by atoms with Crippen LogP contribution in [0.4, 0.5) is 0 Å². The quantitative estimate of drug-likeness (QED) is 0.820. The lowest BCUT2D eigenvalue weighted by molar-refractivity contribution is 0.738. The summed E-state index contributed by atoms with van der Waals surface area (Å²) >= 11 is 5.88. The molecule has 0 unspecified atom stereocenters. The molecule has 84 valence electrons. The monoisotopic (exact) mass is 237 g/mol. The molecule has 1 aromatic heterocycles. The first-order valence-corrected chi connectivity index (χ1v) is 5.30. The van der Waals surface area contributed by atoms with Crippen LogP contribution in [0.1, 0.15) is 18.7 Å². The summed E-state index contributed by atoms with van der Waals surface area (Å²) in [4.78, 5) is 16.1. The molecule has 2 N–H and O–H groups in total. The smallest absolute Gasteiger partial charge is 0.274 e. The number of hydrogen-bond acceptors (Lipinski definition) is 3. The Balaban J connectivity index is 2.89. The van der Waals surface area contributed by atoms with Crippen LogP contribution < -0.4 is 11.3 Å². The second kappa shape index (κ2) is 3.88. The molecule has 0 amide bonds. The Labute approximate surface area is 97.7 Å². The van der Waals surface area contributed by atoms with E-state index in [2.05, 4.69) is 4.98 Å². The van der Waals surface area contributed by atoms with Gasteiger partial charge in [-0.3, -0.25) is 4.79 Å². The van der Waals surface area contributed by atoms with Gasteiger partial charge in [0.2, 0.25) is 0 Å². The maximum atomic E-state index is 11.9. The van der Waals surface area contributed by atoms with E-state index in [0.29, 0.717) is 16.2 Å². The molecule has 1 aromatic carbocycles. The van der Waals surface area contributed by atoms with Crippen molar-refractivity contribution in [1.29, 1.82) is 0 Å². The van der Waals surface area contributed by atoms with Gasteiger partial charge in [-0.05, 0) is 25.1 Å². The van der Waals surface area contributed by atoms with Crippen LogP contribution in [0.2, 0.25) is 5.02 Å². The van der Waals surface area contributed by atoms with Gasteiger partial charge in [-0.1, -0.05) is 11.6 Å². The second-order valence-corrected chi connectivity index (χ2v) is 4.22. The normalized spacial score (nSPS) is 13.0. The van der Waals surface area contributed by atoms with Gasteiger partial charge in [-0.2, -0.15) is 0 Å². The maximum Gasteiger partial charge on any atom is 0.274 e. The number of aromatic nitrogens is 2. The average molecular weight is 238 g/mol. The zero-order chi connectivity index (χ0) is 11.9. The average Bonchev–Trinajstić information content (AvgIpc) is 2.22. The van der Waals surface area contributed by atoms with Gasteiger partial charge in [0.1, 0.15) is 5.69 Å². The summed E-state index contributed by atoms with van der Waals surface area (Å²) in [5, 5.41) is 0.592. The highest BCUT2D eigenvalue weighted by molar-refractivity contribution is 6.31. The summed E-state index contributed by atoms with van der Waals surface area (Å²) < 4.78 is 1.54. The van der Waals surface area contributed by atoms with Crippen LogP contribution in [-0.4, -0.2) is 9.55 Å². The summed E-state index contributed by atoms with van der Waals surface area (Å²) in [6, 6.07) is 4.84. The molecule has 0 radical (unpaired) electrons. The number of halogens is 1. The summed E-state index contributed by atoms with van der Waals surface area (Å²) in [6.07, 6.45) is 0. The fourth-order valence-corrected chi connectivity index (χ4v) is 1.79. The molecule has 5 heteroatoms. The topological polar surface area (TPSA) is 60.9 Å². The Bertz CT molecular complexity index is 604. The molecule has 0 saturated heterocycles. The summed E-state index contributed by atoms with van der Waals surface area (Å²) in [6.45, 7) is 1.74. The van der Waals surface area contributed by atoms with E-state index < -0.39 is 0 Å². The number of rotatable bonds is 1. The molecule has 2 rings (SSSR count). The van der Waals surface area contributed by atoms with Gasteiger partial charge < -0.3 is 10.3 Å². The molecule has 0 saturated carbocycles. The van der Waals surface area contributed by atoms with Gasteiger partial charge in [-0.25, -0.2) is 4.98 Å². The Morgan fingerprint density at radius 3 is 2.81 bits per heavy atom. The van der Waals surface area contributed by atoms with Gasteiger partial charge in [0.25, 0.3) is 5.56 Å². The van der Waals surface area contributed by atoms with Gasteiger partial charge >= 0.3 is 0 Å². The van der Waals surface area contributed by atoms with Gasteiger partial charge in [0, 0.05) is 18.1 Å². The number of aryl methyl sites for hydroxylation is 1. The van der Waals surface area contributed by atoms with E-state index in [1.165, 1.54) is 4.57 Å². The number of nitrogens with zero attached hydrogens (tertiary/aromatic N) is 2. The van der Waals surface area contributed by atoms with Crippen molar-refractivity contribution < 1.29 is 0 Å². The second-order valence-electron chi connectivity index (χ2n) is 3.78. The van der Waals surface area contributed by atoms with E-state index in [1.807, 2.05) is 0 Å². The van der Waals surface area contributed by atoms with E-state index >= 15 is 0 Å². The highest BCUT2D eigenvalue weighted by Crippen LogP contribution is 2.17. The van der Waals surface area contributed by atoms with Crippen LogP contribution in [-0.2, 0) is 7.05 Å². The number of hydrogen-bond donors (Lipinski definition) is 1. The zero-order valence-corrected chi connectivity index (χ0v) is 9.82. The highest BCUT2D eigenvalue weighted by Gasteiger charge is 2.11. The Kier molecular flexibility index (Phi) is 2.69.